The predicted molar refractivity (Wildman–Crippen MR) is 157 cm³/mol. The molecule has 0 spiro atoms. The lowest BCUT2D eigenvalue weighted by Gasteiger charge is -2.33. The van der Waals surface area contributed by atoms with Gasteiger partial charge in [-0.25, -0.2) is 4.98 Å². The molecule has 1 aromatic heterocycles. The van der Waals surface area contributed by atoms with E-state index in [-0.39, 0.29) is 41.5 Å². The van der Waals surface area contributed by atoms with Crippen LogP contribution in [0.3, 0.4) is 0 Å². The number of carbonyl (C=O) groups is 4. The number of nitrogens with zero attached hydrogens (tertiary/aromatic N) is 2. The third kappa shape index (κ3) is 9.95. The topological polar surface area (TPSA) is 115 Å². The standard InChI is InChI=1S/C31H43N3O6S/c1-19(2)26(34(5)28(36)16-23-12-13-23)17-27(40-21(4)35)30-33-25(18-41-30)29(37)32-24(14-20(3)31(38)39-6)15-22-10-8-7-9-11-22/h7-11,18-20,23-24,26-27H,12-17H2,1-6H3,(H,32,37)/t20-,24+,26?,27?/m0/s1. The number of thiazole rings is 1. The maximum Gasteiger partial charge on any atom is 0.308 e. The molecule has 1 aromatic carbocycles. The van der Waals surface area contributed by atoms with Crippen molar-refractivity contribution in [3.8, 4) is 0 Å². The minimum atomic E-state index is -0.693. The van der Waals surface area contributed by atoms with Crippen LogP contribution < -0.4 is 5.32 Å². The molecule has 1 heterocycles. The van der Waals surface area contributed by atoms with E-state index in [1.165, 1.54) is 25.4 Å². The summed E-state index contributed by atoms with van der Waals surface area (Å²) in [5, 5.41) is 5.19. The molecule has 224 valence electrons. The first-order valence-corrected chi connectivity index (χ1v) is 15.2. The van der Waals surface area contributed by atoms with Gasteiger partial charge in [0.15, 0.2) is 6.10 Å². The predicted octanol–water partition coefficient (Wildman–Crippen LogP) is 4.96. The number of nitrogens with one attached hydrogen (secondary N) is 1. The molecule has 1 N–H and O–H groups in total. The molecule has 2 amide bonds. The van der Waals surface area contributed by atoms with Crippen LogP contribution in [0.1, 0.15) is 87.0 Å². The fourth-order valence-electron chi connectivity index (χ4n) is 5.01. The summed E-state index contributed by atoms with van der Waals surface area (Å²) in [7, 11) is 3.16. The molecule has 1 fully saturated rings. The lowest BCUT2D eigenvalue weighted by molar-refractivity contribution is -0.148. The number of hydrogen-bond donors (Lipinski definition) is 1. The van der Waals surface area contributed by atoms with Crippen LogP contribution >= 0.6 is 11.3 Å². The highest BCUT2D eigenvalue weighted by Gasteiger charge is 2.33. The van der Waals surface area contributed by atoms with E-state index in [2.05, 4.69) is 10.3 Å². The lowest BCUT2D eigenvalue weighted by atomic mass is 9.96. The zero-order chi connectivity index (χ0) is 30.1. The minimum Gasteiger partial charge on any atom is -0.469 e. The van der Waals surface area contributed by atoms with Gasteiger partial charge in [0, 0.05) is 44.3 Å². The molecular formula is C31H43N3O6S. The Hall–Kier alpha value is -3.27. The fraction of sp³-hybridized carbons (Fsp3) is 0.581. The molecule has 1 aliphatic rings. The van der Waals surface area contributed by atoms with Gasteiger partial charge in [0.05, 0.1) is 13.0 Å². The smallest absolute Gasteiger partial charge is 0.308 e. The maximum absolute atomic E-state index is 13.3. The Morgan fingerprint density at radius 2 is 1.78 bits per heavy atom. The van der Waals surface area contributed by atoms with Crippen molar-refractivity contribution in [2.24, 2.45) is 17.8 Å². The van der Waals surface area contributed by atoms with Crippen molar-refractivity contribution in [3.05, 3.63) is 52.0 Å². The number of ether oxygens (including phenoxy) is 2. The molecule has 3 rings (SSSR count). The molecule has 1 saturated carbocycles. The SMILES string of the molecule is COC(=O)[C@@H](C)C[C@H](Cc1ccccc1)NC(=O)c1csc(C(CC(C(C)C)N(C)C(=O)CC2CC2)OC(C)=O)n1. The molecule has 1 aliphatic carbocycles. The number of hydrogen-bond acceptors (Lipinski definition) is 8. The zero-order valence-electron chi connectivity index (χ0n) is 24.9. The number of methoxy groups -OCH3 is 1. The minimum absolute atomic E-state index is 0.0950. The van der Waals surface area contributed by atoms with Crippen LogP contribution in [0.4, 0.5) is 0 Å². The Kier molecular flexibility index (Phi) is 11.9. The normalized spacial score (nSPS) is 15.9. The van der Waals surface area contributed by atoms with Crippen molar-refractivity contribution in [2.45, 2.75) is 84.4 Å². The first kappa shape index (κ1) is 32.2. The monoisotopic (exact) mass is 585 g/mol. The van der Waals surface area contributed by atoms with Gasteiger partial charge >= 0.3 is 11.9 Å². The molecule has 4 atom stereocenters. The number of aromatic nitrogens is 1. The number of rotatable bonds is 15. The van der Waals surface area contributed by atoms with Gasteiger partial charge in [0.25, 0.3) is 5.91 Å². The van der Waals surface area contributed by atoms with E-state index < -0.39 is 18.0 Å². The van der Waals surface area contributed by atoms with Crippen molar-refractivity contribution in [2.75, 3.05) is 14.2 Å². The summed E-state index contributed by atoms with van der Waals surface area (Å²) in [6.07, 6.45) is 3.36. The van der Waals surface area contributed by atoms with Gasteiger partial charge in [0.2, 0.25) is 5.91 Å². The summed E-state index contributed by atoms with van der Waals surface area (Å²) < 4.78 is 10.6. The average Bonchev–Trinajstić information content (AvgIpc) is 3.60. The van der Waals surface area contributed by atoms with Crippen molar-refractivity contribution in [1.29, 1.82) is 0 Å². The third-order valence-corrected chi connectivity index (χ3v) is 8.45. The lowest BCUT2D eigenvalue weighted by Crippen LogP contribution is -2.42. The number of amides is 2. The van der Waals surface area contributed by atoms with Crippen molar-refractivity contribution < 1.29 is 28.7 Å². The van der Waals surface area contributed by atoms with Crippen LogP contribution in [-0.4, -0.2) is 59.9 Å². The van der Waals surface area contributed by atoms with E-state index >= 15 is 0 Å². The Balaban J connectivity index is 1.76. The number of esters is 2. The Morgan fingerprint density at radius 1 is 1.10 bits per heavy atom. The molecule has 2 aromatic rings. The second-order valence-electron chi connectivity index (χ2n) is 11.4. The van der Waals surface area contributed by atoms with Gasteiger partial charge < -0.3 is 19.7 Å². The molecule has 0 aliphatic heterocycles. The van der Waals surface area contributed by atoms with Gasteiger partial charge in [0.1, 0.15) is 10.7 Å². The second kappa shape index (κ2) is 15.1. The summed E-state index contributed by atoms with van der Waals surface area (Å²) in [5.74, 6) is -0.867. The number of carbonyl (C=O) groups excluding carboxylic acids is 4. The van der Waals surface area contributed by atoms with E-state index in [4.69, 9.17) is 9.47 Å². The number of benzene rings is 1. The Morgan fingerprint density at radius 3 is 2.37 bits per heavy atom. The first-order valence-electron chi connectivity index (χ1n) is 14.3. The molecular weight excluding hydrogens is 542 g/mol. The zero-order valence-corrected chi connectivity index (χ0v) is 25.7. The van der Waals surface area contributed by atoms with Crippen molar-refractivity contribution in [1.82, 2.24) is 15.2 Å². The van der Waals surface area contributed by atoms with Crippen LogP contribution in [0, 0.1) is 17.8 Å². The molecule has 10 heteroatoms. The second-order valence-corrected chi connectivity index (χ2v) is 12.3. The molecule has 0 saturated heterocycles. The van der Waals surface area contributed by atoms with Gasteiger partial charge in [-0.1, -0.05) is 51.1 Å². The van der Waals surface area contributed by atoms with Crippen LogP contribution in [-0.2, 0) is 30.3 Å². The van der Waals surface area contributed by atoms with Crippen LogP contribution in [0.25, 0.3) is 0 Å². The molecule has 0 bridgehead atoms. The summed E-state index contributed by atoms with van der Waals surface area (Å²) in [6.45, 7) is 7.20. The van der Waals surface area contributed by atoms with E-state index in [1.807, 2.05) is 51.2 Å². The van der Waals surface area contributed by atoms with Crippen LogP contribution in [0.5, 0.6) is 0 Å². The summed E-state index contributed by atoms with van der Waals surface area (Å²) in [6, 6.07) is 9.25. The Bertz CT molecular complexity index is 1180. The van der Waals surface area contributed by atoms with Gasteiger partial charge in [-0.15, -0.1) is 11.3 Å². The van der Waals surface area contributed by atoms with Gasteiger partial charge in [-0.2, -0.15) is 0 Å². The molecule has 0 radical (unpaired) electrons. The highest BCUT2D eigenvalue weighted by molar-refractivity contribution is 7.09. The summed E-state index contributed by atoms with van der Waals surface area (Å²) in [4.78, 5) is 56.7. The van der Waals surface area contributed by atoms with Gasteiger partial charge in [-0.3, -0.25) is 19.2 Å². The summed E-state index contributed by atoms with van der Waals surface area (Å²) >= 11 is 1.25. The van der Waals surface area contributed by atoms with Crippen molar-refractivity contribution in [3.63, 3.8) is 0 Å². The highest BCUT2D eigenvalue weighted by atomic mass is 32.1. The molecule has 9 nitrogen and oxygen atoms in total. The van der Waals surface area contributed by atoms with Crippen LogP contribution in [0.15, 0.2) is 35.7 Å². The van der Waals surface area contributed by atoms with Crippen molar-refractivity contribution >= 4 is 35.1 Å². The van der Waals surface area contributed by atoms with E-state index in [0.29, 0.717) is 36.6 Å². The van der Waals surface area contributed by atoms with Gasteiger partial charge in [-0.05, 0) is 43.1 Å². The van der Waals surface area contributed by atoms with E-state index in [1.54, 1.807) is 17.2 Å². The maximum atomic E-state index is 13.3. The van der Waals surface area contributed by atoms with E-state index in [9.17, 15) is 19.2 Å². The molecule has 2 unspecified atom stereocenters. The first-order chi connectivity index (χ1) is 19.5. The average molecular weight is 586 g/mol. The van der Waals surface area contributed by atoms with Crippen LogP contribution in [0.2, 0.25) is 0 Å². The third-order valence-electron chi connectivity index (χ3n) is 7.52. The highest BCUT2D eigenvalue weighted by Crippen LogP contribution is 2.35. The summed E-state index contributed by atoms with van der Waals surface area (Å²) in [5.41, 5.74) is 1.24. The van der Waals surface area contributed by atoms with E-state index in [0.717, 1.165) is 18.4 Å². The quantitative estimate of drug-likeness (QED) is 0.294. The molecule has 41 heavy (non-hydrogen) atoms. The Labute approximate surface area is 247 Å². The fourth-order valence-corrected chi connectivity index (χ4v) is 5.85. The largest absolute Gasteiger partial charge is 0.469 e.